The summed E-state index contributed by atoms with van der Waals surface area (Å²) in [7, 11) is 0. The van der Waals surface area contributed by atoms with Crippen LogP contribution in [0.15, 0.2) is 17.5 Å². The van der Waals surface area contributed by atoms with Gasteiger partial charge in [0.15, 0.2) is 0 Å². The maximum absolute atomic E-state index is 12.6. The molecule has 2 amide bonds. The molecule has 3 rings (SSSR count). The predicted octanol–water partition coefficient (Wildman–Crippen LogP) is 2.67. The first kappa shape index (κ1) is 20.3. The van der Waals surface area contributed by atoms with Crippen LogP contribution in [0.2, 0.25) is 0 Å². The van der Waals surface area contributed by atoms with Gasteiger partial charge in [0.25, 0.3) is 0 Å². The van der Waals surface area contributed by atoms with Crippen molar-refractivity contribution < 1.29 is 9.59 Å². The van der Waals surface area contributed by atoms with Gasteiger partial charge in [-0.2, -0.15) is 0 Å². The topological polar surface area (TPSA) is 61.4 Å². The van der Waals surface area contributed by atoms with Crippen LogP contribution in [-0.2, 0) is 16.0 Å². The van der Waals surface area contributed by atoms with Crippen molar-refractivity contribution in [1.82, 2.24) is 15.5 Å². The first-order valence-electron chi connectivity index (χ1n) is 10.4. The van der Waals surface area contributed by atoms with Crippen LogP contribution in [0.5, 0.6) is 0 Å². The van der Waals surface area contributed by atoms with Gasteiger partial charge in [0.2, 0.25) is 11.8 Å². The molecule has 6 heteroatoms. The number of hydrogen-bond donors (Lipinski definition) is 2. The van der Waals surface area contributed by atoms with Gasteiger partial charge in [-0.25, -0.2) is 0 Å². The van der Waals surface area contributed by atoms with Crippen molar-refractivity contribution in [2.75, 3.05) is 32.7 Å². The van der Waals surface area contributed by atoms with E-state index in [2.05, 4.69) is 29.0 Å². The van der Waals surface area contributed by atoms with E-state index < -0.39 is 0 Å². The van der Waals surface area contributed by atoms with Crippen molar-refractivity contribution >= 4 is 23.2 Å². The third-order valence-electron chi connectivity index (χ3n) is 6.11. The summed E-state index contributed by atoms with van der Waals surface area (Å²) >= 11 is 1.73. The zero-order valence-corrected chi connectivity index (χ0v) is 17.2. The van der Waals surface area contributed by atoms with Crippen molar-refractivity contribution in [3.8, 4) is 0 Å². The quantitative estimate of drug-likeness (QED) is 0.751. The SMILES string of the molecule is CC(CC(=O)N1CCC(C(=O)NCCc2cccs2)CC1)C1CCCNC1. The Morgan fingerprint density at radius 3 is 2.81 bits per heavy atom. The summed E-state index contributed by atoms with van der Waals surface area (Å²) in [5.74, 6) is 1.53. The number of likely N-dealkylation sites (tertiary alicyclic amines) is 1. The number of nitrogens with zero attached hydrogens (tertiary/aromatic N) is 1. The average molecular weight is 392 g/mol. The largest absolute Gasteiger partial charge is 0.355 e. The molecule has 1 aromatic heterocycles. The zero-order valence-electron chi connectivity index (χ0n) is 16.4. The fourth-order valence-electron chi connectivity index (χ4n) is 4.23. The Balaban J connectivity index is 1.34. The summed E-state index contributed by atoms with van der Waals surface area (Å²) in [5.41, 5.74) is 0. The van der Waals surface area contributed by atoms with Gasteiger partial charge in [-0.05, 0) is 68.5 Å². The number of carbonyl (C=O) groups is 2. The minimum absolute atomic E-state index is 0.0531. The second-order valence-corrected chi connectivity index (χ2v) is 9.10. The van der Waals surface area contributed by atoms with E-state index in [4.69, 9.17) is 0 Å². The monoisotopic (exact) mass is 391 g/mol. The highest BCUT2D eigenvalue weighted by Crippen LogP contribution is 2.25. The molecule has 3 heterocycles. The Kier molecular flexibility index (Phi) is 7.70. The van der Waals surface area contributed by atoms with Crippen LogP contribution in [0.4, 0.5) is 0 Å². The zero-order chi connectivity index (χ0) is 19.1. The van der Waals surface area contributed by atoms with Gasteiger partial charge in [-0.3, -0.25) is 9.59 Å². The highest BCUT2D eigenvalue weighted by atomic mass is 32.1. The standard InChI is InChI=1S/C21H33N3O2S/c1-16(18-4-2-9-22-15-18)14-20(25)24-11-7-17(8-12-24)21(26)23-10-6-19-5-3-13-27-19/h3,5,13,16-18,22H,2,4,6-12,14-15H2,1H3,(H,23,26). The second-order valence-electron chi connectivity index (χ2n) is 8.06. The van der Waals surface area contributed by atoms with Crippen LogP contribution in [0.3, 0.4) is 0 Å². The molecule has 0 aromatic carbocycles. The molecule has 0 aliphatic carbocycles. The molecule has 2 fully saturated rings. The van der Waals surface area contributed by atoms with Crippen molar-refractivity contribution in [2.24, 2.45) is 17.8 Å². The third kappa shape index (κ3) is 6.04. The molecule has 0 bridgehead atoms. The van der Waals surface area contributed by atoms with Crippen molar-refractivity contribution in [1.29, 1.82) is 0 Å². The molecule has 2 aliphatic rings. The highest BCUT2D eigenvalue weighted by Gasteiger charge is 2.29. The van der Waals surface area contributed by atoms with Crippen LogP contribution < -0.4 is 10.6 Å². The molecule has 1 aromatic rings. The normalized spacial score (nSPS) is 22.4. The van der Waals surface area contributed by atoms with E-state index in [1.807, 2.05) is 11.0 Å². The molecule has 0 saturated carbocycles. The summed E-state index contributed by atoms with van der Waals surface area (Å²) in [5, 5.41) is 8.58. The lowest BCUT2D eigenvalue weighted by atomic mass is 9.85. The highest BCUT2D eigenvalue weighted by molar-refractivity contribution is 7.09. The predicted molar refractivity (Wildman–Crippen MR) is 110 cm³/mol. The number of carbonyl (C=O) groups excluding carboxylic acids is 2. The van der Waals surface area contributed by atoms with E-state index in [0.29, 0.717) is 24.8 Å². The van der Waals surface area contributed by atoms with Crippen LogP contribution in [0, 0.1) is 17.8 Å². The van der Waals surface area contributed by atoms with E-state index in [0.717, 1.165) is 45.4 Å². The van der Waals surface area contributed by atoms with Crippen molar-refractivity contribution in [3.63, 3.8) is 0 Å². The first-order chi connectivity index (χ1) is 13.1. The lowest BCUT2D eigenvalue weighted by Gasteiger charge is -2.34. The van der Waals surface area contributed by atoms with E-state index in [9.17, 15) is 9.59 Å². The fourth-order valence-corrected chi connectivity index (χ4v) is 4.94. The molecule has 2 atom stereocenters. The van der Waals surface area contributed by atoms with E-state index in [-0.39, 0.29) is 17.7 Å². The van der Waals surface area contributed by atoms with Crippen LogP contribution in [-0.4, -0.2) is 49.4 Å². The van der Waals surface area contributed by atoms with Crippen LogP contribution >= 0.6 is 11.3 Å². The molecule has 0 radical (unpaired) electrons. The molecule has 2 unspecified atom stereocenters. The number of thiophene rings is 1. The Labute approximate surface area is 166 Å². The molecule has 0 spiro atoms. The van der Waals surface area contributed by atoms with Crippen LogP contribution in [0.25, 0.3) is 0 Å². The van der Waals surface area contributed by atoms with E-state index in [1.54, 1.807) is 11.3 Å². The summed E-state index contributed by atoms with van der Waals surface area (Å²) in [4.78, 5) is 28.3. The van der Waals surface area contributed by atoms with Crippen LogP contribution in [0.1, 0.15) is 43.9 Å². The molecular formula is C21H33N3O2S. The Bertz CT molecular complexity index is 591. The molecule has 27 heavy (non-hydrogen) atoms. The molecule has 2 saturated heterocycles. The number of amides is 2. The van der Waals surface area contributed by atoms with Gasteiger partial charge < -0.3 is 15.5 Å². The first-order valence-corrected chi connectivity index (χ1v) is 11.3. The second kappa shape index (κ2) is 10.2. The molecule has 2 N–H and O–H groups in total. The lowest BCUT2D eigenvalue weighted by Crippen LogP contribution is -2.44. The Morgan fingerprint density at radius 2 is 2.15 bits per heavy atom. The van der Waals surface area contributed by atoms with Gasteiger partial charge in [0.1, 0.15) is 0 Å². The minimum atomic E-state index is 0.0531. The van der Waals surface area contributed by atoms with Gasteiger partial charge in [0.05, 0.1) is 0 Å². The maximum atomic E-state index is 12.6. The summed E-state index contributed by atoms with van der Waals surface area (Å²) in [6.45, 7) is 6.51. The molecule has 5 nitrogen and oxygen atoms in total. The smallest absolute Gasteiger partial charge is 0.223 e. The minimum Gasteiger partial charge on any atom is -0.355 e. The summed E-state index contributed by atoms with van der Waals surface area (Å²) < 4.78 is 0. The maximum Gasteiger partial charge on any atom is 0.223 e. The number of piperidine rings is 2. The van der Waals surface area contributed by atoms with Gasteiger partial charge in [0, 0.05) is 36.9 Å². The third-order valence-corrected chi connectivity index (χ3v) is 7.04. The van der Waals surface area contributed by atoms with Gasteiger partial charge in [-0.1, -0.05) is 13.0 Å². The summed E-state index contributed by atoms with van der Waals surface area (Å²) in [6, 6.07) is 4.14. The summed E-state index contributed by atoms with van der Waals surface area (Å²) in [6.07, 6.45) is 5.57. The van der Waals surface area contributed by atoms with Gasteiger partial charge >= 0.3 is 0 Å². The lowest BCUT2D eigenvalue weighted by molar-refractivity contribution is -0.136. The number of nitrogens with one attached hydrogen (secondary N) is 2. The fraction of sp³-hybridized carbons (Fsp3) is 0.714. The Hall–Kier alpha value is -1.40. The number of rotatable bonds is 7. The van der Waals surface area contributed by atoms with Crippen molar-refractivity contribution in [3.05, 3.63) is 22.4 Å². The van der Waals surface area contributed by atoms with Crippen molar-refractivity contribution in [2.45, 2.75) is 45.4 Å². The number of hydrogen-bond acceptors (Lipinski definition) is 4. The average Bonchev–Trinajstić information content (AvgIpc) is 3.22. The molecule has 150 valence electrons. The van der Waals surface area contributed by atoms with E-state index in [1.165, 1.54) is 17.7 Å². The van der Waals surface area contributed by atoms with Gasteiger partial charge in [-0.15, -0.1) is 11.3 Å². The molecule has 2 aliphatic heterocycles. The molecular weight excluding hydrogens is 358 g/mol. The van der Waals surface area contributed by atoms with E-state index >= 15 is 0 Å². The Morgan fingerprint density at radius 1 is 1.33 bits per heavy atom.